The normalized spacial score (nSPS) is 16.7. The third-order valence-corrected chi connectivity index (χ3v) is 5.37. The van der Waals surface area contributed by atoms with Crippen molar-refractivity contribution in [3.8, 4) is 0 Å². The molecule has 0 aromatic carbocycles. The van der Waals surface area contributed by atoms with E-state index in [9.17, 15) is 0 Å². The molecule has 0 atom stereocenters. The van der Waals surface area contributed by atoms with Crippen LogP contribution < -0.4 is 0 Å². The van der Waals surface area contributed by atoms with E-state index in [-0.39, 0.29) is 0 Å². The van der Waals surface area contributed by atoms with Crippen LogP contribution >= 0.6 is 0 Å². The Hall–Kier alpha value is 0. The number of rotatable bonds is 13. The lowest BCUT2D eigenvalue weighted by Crippen LogP contribution is -2.05. The molecule has 0 saturated heterocycles. The van der Waals surface area contributed by atoms with Crippen molar-refractivity contribution in [3.63, 3.8) is 0 Å². The standard InChI is InChI=1S/C21H42/c1-20(2)16-12-9-7-5-3-4-6-8-10-13-17-21-18-14-11-15-19-21/h20-21H,3-19H2,1-2H3. The van der Waals surface area contributed by atoms with Crippen LogP contribution in [0.15, 0.2) is 0 Å². The first-order chi connectivity index (χ1) is 10.3. The Morgan fingerprint density at radius 2 is 1.10 bits per heavy atom. The third-order valence-electron chi connectivity index (χ3n) is 5.37. The second-order valence-electron chi connectivity index (χ2n) is 8.01. The Labute approximate surface area is 135 Å². The zero-order chi connectivity index (χ0) is 15.2. The van der Waals surface area contributed by atoms with Crippen molar-refractivity contribution < 1.29 is 0 Å². The molecule has 0 amide bonds. The van der Waals surface area contributed by atoms with E-state index in [4.69, 9.17) is 0 Å². The lowest BCUT2D eigenvalue weighted by atomic mass is 9.85. The molecule has 0 unspecified atom stereocenters. The Balaban J connectivity index is 1.70. The summed E-state index contributed by atoms with van der Waals surface area (Å²) in [5, 5.41) is 0. The van der Waals surface area contributed by atoms with Crippen LogP contribution in [0.5, 0.6) is 0 Å². The summed E-state index contributed by atoms with van der Waals surface area (Å²) < 4.78 is 0. The minimum absolute atomic E-state index is 0.901. The van der Waals surface area contributed by atoms with Gasteiger partial charge in [-0.05, 0) is 11.8 Å². The van der Waals surface area contributed by atoms with Crippen LogP contribution in [0.2, 0.25) is 0 Å². The van der Waals surface area contributed by atoms with Crippen molar-refractivity contribution in [2.24, 2.45) is 11.8 Å². The molecule has 1 aliphatic rings. The van der Waals surface area contributed by atoms with E-state index in [2.05, 4.69) is 13.8 Å². The van der Waals surface area contributed by atoms with Crippen molar-refractivity contribution in [2.75, 3.05) is 0 Å². The third kappa shape index (κ3) is 12.2. The van der Waals surface area contributed by atoms with Gasteiger partial charge in [-0.2, -0.15) is 0 Å². The van der Waals surface area contributed by atoms with E-state index in [1.54, 1.807) is 0 Å². The molecule has 0 radical (unpaired) electrons. The van der Waals surface area contributed by atoms with E-state index in [0.717, 1.165) is 11.8 Å². The molecule has 0 N–H and O–H groups in total. The van der Waals surface area contributed by atoms with Gasteiger partial charge in [0.2, 0.25) is 0 Å². The average Bonchev–Trinajstić information content (AvgIpc) is 2.49. The van der Waals surface area contributed by atoms with E-state index in [1.807, 2.05) is 0 Å². The molecule has 126 valence electrons. The predicted molar refractivity (Wildman–Crippen MR) is 96.8 cm³/mol. The van der Waals surface area contributed by atoms with Crippen molar-refractivity contribution >= 4 is 0 Å². The fourth-order valence-corrected chi connectivity index (χ4v) is 3.88. The highest BCUT2D eigenvalue weighted by molar-refractivity contribution is 4.65. The van der Waals surface area contributed by atoms with E-state index < -0.39 is 0 Å². The highest BCUT2D eigenvalue weighted by atomic mass is 14.2. The first kappa shape index (κ1) is 19.0. The van der Waals surface area contributed by atoms with Crippen LogP contribution in [0, 0.1) is 11.8 Å². The largest absolute Gasteiger partial charge is 0.0628 e. The molecular formula is C21H42. The zero-order valence-electron chi connectivity index (χ0n) is 15.2. The second-order valence-corrected chi connectivity index (χ2v) is 8.01. The van der Waals surface area contributed by atoms with Gasteiger partial charge in [0.25, 0.3) is 0 Å². The van der Waals surface area contributed by atoms with Crippen LogP contribution in [-0.2, 0) is 0 Å². The molecule has 0 heterocycles. The van der Waals surface area contributed by atoms with E-state index in [0.29, 0.717) is 0 Å². The fraction of sp³-hybridized carbons (Fsp3) is 1.00. The van der Waals surface area contributed by atoms with Crippen LogP contribution in [0.4, 0.5) is 0 Å². The highest BCUT2D eigenvalue weighted by Crippen LogP contribution is 2.28. The van der Waals surface area contributed by atoms with Gasteiger partial charge in [-0.3, -0.25) is 0 Å². The summed E-state index contributed by atoms with van der Waals surface area (Å²) in [4.78, 5) is 0. The molecule has 1 aliphatic carbocycles. The monoisotopic (exact) mass is 294 g/mol. The van der Waals surface area contributed by atoms with E-state index in [1.165, 1.54) is 109 Å². The van der Waals surface area contributed by atoms with Gasteiger partial charge in [0.1, 0.15) is 0 Å². The van der Waals surface area contributed by atoms with Crippen molar-refractivity contribution in [1.29, 1.82) is 0 Å². The molecular weight excluding hydrogens is 252 g/mol. The van der Waals surface area contributed by atoms with Gasteiger partial charge in [-0.15, -0.1) is 0 Å². The van der Waals surface area contributed by atoms with Crippen LogP contribution in [-0.4, -0.2) is 0 Å². The molecule has 0 aromatic heterocycles. The minimum atomic E-state index is 0.901. The Morgan fingerprint density at radius 3 is 1.62 bits per heavy atom. The molecule has 1 saturated carbocycles. The molecule has 21 heavy (non-hydrogen) atoms. The number of hydrogen-bond acceptors (Lipinski definition) is 0. The average molecular weight is 295 g/mol. The lowest BCUT2D eigenvalue weighted by molar-refractivity contribution is 0.328. The maximum absolute atomic E-state index is 2.34. The summed E-state index contributed by atoms with van der Waals surface area (Å²) in [5.41, 5.74) is 0. The summed E-state index contributed by atoms with van der Waals surface area (Å²) >= 11 is 0. The van der Waals surface area contributed by atoms with Crippen LogP contribution in [0.3, 0.4) is 0 Å². The summed E-state index contributed by atoms with van der Waals surface area (Å²) in [6.07, 6.45) is 25.5. The first-order valence-corrected chi connectivity index (χ1v) is 10.3. The molecule has 0 heteroatoms. The Bertz CT molecular complexity index is 200. The first-order valence-electron chi connectivity index (χ1n) is 10.3. The SMILES string of the molecule is CC(C)CCCCCCCCCCCCC1CCCCC1. The molecule has 0 bridgehead atoms. The predicted octanol–water partition coefficient (Wildman–Crippen LogP) is 7.90. The smallest absolute Gasteiger partial charge is 0.0414 e. The van der Waals surface area contributed by atoms with Gasteiger partial charge in [0.15, 0.2) is 0 Å². The maximum atomic E-state index is 2.34. The molecule has 0 spiro atoms. The number of unbranched alkanes of at least 4 members (excludes halogenated alkanes) is 9. The van der Waals surface area contributed by atoms with E-state index >= 15 is 0 Å². The van der Waals surface area contributed by atoms with Gasteiger partial charge in [-0.25, -0.2) is 0 Å². The maximum Gasteiger partial charge on any atom is -0.0414 e. The molecule has 0 aromatic rings. The fourth-order valence-electron chi connectivity index (χ4n) is 3.88. The highest BCUT2D eigenvalue weighted by Gasteiger charge is 2.12. The lowest BCUT2D eigenvalue weighted by Gasteiger charge is -2.21. The molecule has 0 nitrogen and oxygen atoms in total. The van der Waals surface area contributed by atoms with Crippen LogP contribution in [0.25, 0.3) is 0 Å². The quantitative estimate of drug-likeness (QED) is 0.303. The van der Waals surface area contributed by atoms with Crippen molar-refractivity contribution in [3.05, 3.63) is 0 Å². The molecule has 0 aliphatic heterocycles. The summed E-state index contributed by atoms with van der Waals surface area (Å²) in [5.74, 6) is 2.00. The zero-order valence-corrected chi connectivity index (χ0v) is 15.2. The van der Waals surface area contributed by atoms with Crippen molar-refractivity contribution in [2.45, 2.75) is 123 Å². The number of hydrogen-bond donors (Lipinski definition) is 0. The summed E-state index contributed by atoms with van der Waals surface area (Å²) in [6.45, 7) is 4.68. The van der Waals surface area contributed by atoms with Gasteiger partial charge in [0.05, 0.1) is 0 Å². The van der Waals surface area contributed by atoms with Crippen molar-refractivity contribution in [1.82, 2.24) is 0 Å². The van der Waals surface area contributed by atoms with Crippen LogP contribution in [0.1, 0.15) is 123 Å². The van der Waals surface area contributed by atoms with Gasteiger partial charge >= 0.3 is 0 Å². The van der Waals surface area contributed by atoms with Gasteiger partial charge < -0.3 is 0 Å². The molecule has 1 fully saturated rings. The second kappa shape index (κ2) is 13.6. The molecule has 1 rings (SSSR count). The Kier molecular flexibility index (Phi) is 12.4. The minimum Gasteiger partial charge on any atom is -0.0628 e. The summed E-state index contributed by atoms with van der Waals surface area (Å²) in [7, 11) is 0. The topological polar surface area (TPSA) is 0 Å². The summed E-state index contributed by atoms with van der Waals surface area (Å²) in [6, 6.07) is 0. The Morgan fingerprint density at radius 1 is 0.619 bits per heavy atom. The van der Waals surface area contributed by atoms with Gasteiger partial charge in [-0.1, -0.05) is 123 Å². The van der Waals surface area contributed by atoms with Gasteiger partial charge in [0, 0.05) is 0 Å².